The first-order valence-electron chi connectivity index (χ1n) is 7.00. The molecule has 0 spiro atoms. The summed E-state index contributed by atoms with van der Waals surface area (Å²) in [6, 6.07) is 8.85. The van der Waals surface area contributed by atoms with Gasteiger partial charge >= 0.3 is 0 Å². The molecule has 1 aromatic heterocycles. The number of para-hydroxylation sites is 2. The molecule has 0 aliphatic carbocycles. The van der Waals surface area contributed by atoms with Crippen molar-refractivity contribution in [1.82, 2.24) is 10.3 Å². The van der Waals surface area contributed by atoms with Crippen LogP contribution in [0.5, 0.6) is 5.75 Å². The van der Waals surface area contributed by atoms with Crippen LogP contribution in [0.3, 0.4) is 0 Å². The Kier molecular flexibility index (Phi) is 4.29. The van der Waals surface area contributed by atoms with Gasteiger partial charge in [-0.25, -0.2) is 0 Å². The topological polar surface area (TPSA) is 71.5 Å². The summed E-state index contributed by atoms with van der Waals surface area (Å²) in [5, 5.41) is 2.55. The summed E-state index contributed by atoms with van der Waals surface area (Å²) in [5.74, 6) is -0.00298. The fourth-order valence-electron chi connectivity index (χ4n) is 2.41. The Balaban J connectivity index is 1.99. The van der Waals surface area contributed by atoms with Crippen molar-refractivity contribution in [3.8, 4) is 5.75 Å². The monoisotopic (exact) mass is 375 g/mol. The molecule has 23 heavy (non-hydrogen) atoms. The molecule has 0 bridgehead atoms. The minimum absolute atomic E-state index is 0.141. The van der Waals surface area contributed by atoms with E-state index in [-0.39, 0.29) is 18.4 Å². The molecule has 1 N–H and O–H groups in total. The molecule has 0 fully saturated rings. The summed E-state index contributed by atoms with van der Waals surface area (Å²) < 4.78 is 6.41. The van der Waals surface area contributed by atoms with Crippen molar-refractivity contribution >= 4 is 33.4 Å². The number of carbonyl (C=O) groups is 2. The predicted molar refractivity (Wildman–Crippen MR) is 88.5 cm³/mol. The average Bonchev–Trinajstić information content (AvgIpc) is 2.59. The molecule has 7 heteroatoms. The van der Waals surface area contributed by atoms with Crippen molar-refractivity contribution in [2.24, 2.45) is 0 Å². The molecule has 1 aliphatic heterocycles. The number of pyridine rings is 1. The first-order valence-corrected chi connectivity index (χ1v) is 7.79. The van der Waals surface area contributed by atoms with Crippen molar-refractivity contribution < 1.29 is 14.3 Å². The second-order valence-electron chi connectivity index (χ2n) is 5.00. The highest BCUT2D eigenvalue weighted by Gasteiger charge is 2.33. The van der Waals surface area contributed by atoms with Gasteiger partial charge in [-0.15, -0.1) is 0 Å². The highest BCUT2D eigenvalue weighted by molar-refractivity contribution is 9.10. The molecule has 1 atom stereocenters. The van der Waals surface area contributed by atoms with E-state index in [1.807, 2.05) is 6.07 Å². The van der Waals surface area contributed by atoms with E-state index in [0.29, 0.717) is 21.5 Å². The van der Waals surface area contributed by atoms with Gasteiger partial charge in [0.1, 0.15) is 5.75 Å². The Morgan fingerprint density at radius 3 is 2.87 bits per heavy atom. The van der Waals surface area contributed by atoms with E-state index in [9.17, 15) is 9.59 Å². The fourth-order valence-corrected chi connectivity index (χ4v) is 2.77. The first-order chi connectivity index (χ1) is 11.1. The third-order valence-corrected chi connectivity index (χ3v) is 3.94. The van der Waals surface area contributed by atoms with Crippen molar-refractivity contribution in [1.29, 1.82) is 0 Å². The van der Waals surface area contributed by atoms with Crippen molar-refractivity contribution in [3.63, 3.8) is 0 Å². The molecule has 2 aromatic rings. The predicted octanol–water partition coefficient (Wildman–Crippen LogP) is 2.00. The summed E-state index contributed by atoms with van der Waals surface area (Å²) in [4.78, 5) is 30.4. The van der Waals surface area contributed by atoms with Crippen molar-refractivity contribution in [2.75, 3.05) is 18.5 Å². The minimum Gasteiger partial charge on any atom is -0.477 e. The molecule has 6 nitrogen and oxygen atoms in total. The van der Waals surface area contributed by atoms with Gasteiger partial charge in [0, 0.05) is 23.9 Å². The summed E-state index contributed by atoms with van der Waals surface area (Å²) in [6.07, 6.45) is 2.36. The second kappa shape index (κ2) is 6.37. The number of hydrogen-bond donors (Lipinski definition) is 1. The zero-order valence-corrected chi connectivity index (χ0v) is 13.9. The number of hydrogen-bond acceptors (Lipinski definition) is 4. The molecule has 0 unspecified atom stereocenters. The number of halogens is 1. The van der Waals surface area contributed by atoms with Gasteiger partial charge < -0.3 is 15.0 Å². The number of nitrogens with zero attached hydrogens (tertiary/aromatic N) is 2. The SMILES string of the molecule is CNC(=O)[C@@H]1CN(C(=O)c2cncc(Br)c2)c2ccccc2O1. The normalized spacial score (nSPS) is 16.3. The standard InChI is InChI=1S/C16H14BrN3O3/c1-18-15(21)14-9-20(12-4-2-3-5-13(12)23-14)16(22)10-6-11(17)8-19-7-10/h2-8,14H,9H2,1H3,(H,18,21)/t14-/m0/s1. The van der Waals surface area contributed by atoms with Crippen LogP contribution in [0.2, 0.25) is 0 Å². The van der Waals surface area contributed by atoms with Crippen LogP contribution in [0.15, 0.2) is 47.2 Å². The van der Waals surface area contributed by atoms with E-state index in [2.05, 4.69) is 26.2 Å². The number of likely N-dealkylation sites (N-methyl/N-ethyl adjacent to an activating group) is 1. The molecule has 3 rings (SSSR count). The van der Waals surface area contributed by atoms with Gasteiger partial charge in [-0.3, -0.25) is 14.6 Å². The van der Waals surface area contributed by atoms with E-state index < -0.39 is 6.10 Å². The van der Waals surface area contributed by atoms with E-state index in [4.69, 9.17) is 4.74 Å². The van der Waals surface area contributed by atoms with Gasteiger partial charge in [-0.2, -0.15) is 0 Å². The molecule has 118 valence electrons. The molecule has 0 radical (unpaired) electrons. The Bertz CT molecular complexity index is 766. The minimum atomic E-state index is -0.751. The lowest BCUT2D eigenvalue weighted by Gasteiger charge is -2.34. The fraction of sp³-hybridized carbons (Fsp3) is 0.188. The Morgan fingerprint density at radius 2 is 2.13 bits per heavy atom. The van der Waals surface area contributed by atoms with Crippen LogP contribution in [-0.4, -0.2) is 36.5 Å². The molecule has 2 amide bonds. The molecular formula is C16H14BrN3O3. The maximum atomic E-state index is 12.8. The Hall–Kier alpha value is -2.41. The number of fused-ring (bicyclic) bond motifs is 1. The van der Waals surface area contributed by atoms with Gasteiger partial charge in [0.15, 0.2) is 6.10 Å². The molecule has 0 saturated carbocycles. The van der Waals surface area contributed by atoms with Crippen molar-refractivity contribution in [3.05, 3.63) is 52.8 Å². The van der Waals surface area contributed by atoms with Crippen LogP contribution in [0, 0.1) is 0 Å². The average molecular weight is 376 g/mol. The number of ether oxygens (including phenoxy) is 1. The second-order valence-corrected chi connectivity index (χ2v) is 5.91. The van der Waals surface area contributed by atoms with Crippen LogP contribution >= 0.6 is 15.9 Å². The van der Waals surface area contributed by atoms with E-state index in [0.717, 1.165) is 0 Å². The summed E-state index contributed by atoms with van der Waals surface area (Å²) in [6.45, 7) is 0.141. The maximum Gasteiger partial charge on any atom is 0.262 e. The quantitative estimate of drug-likeness (QED) is 0.871. The van der Waals surface area contributed by atoms with Crippen molar-refractivity contribution in [2.45, 2.75) is 6.10 Å². The van der Waals surface area contributed by atoms with Gasteiger partial charge in [-0.05, 0) is 34.1 Å². The zero-order valence-electron chi connectivity index (χ0n) is 12.3. The highest BCUT2D eigenvalue weighted by Crippen LogP contribution is 2.34. The van der Waals surface area contributed by atoms with E-state index in [1.54, 1.807) is 35.4 Å². The number of carbonyl (C=O) groups excluding carboxylic acids is 2. The smallest absolute Gasteiger partial charge is 0.262 e. The van der Waals surface area contributed by atoms with Crippen LogP contribution in [-0.2, 0) is 4.79 Å². The number of anilines is 1. The lowest BCUT2D eigenvalue weighted by Crippen LogP contribution is -2.50. The molecule has 0 saturated heterocycles. The summed E-state index contributed by atoms with van der Waals surface area (Å²) in [5.41, 5.74) is 1.07. The number of aromatic nitrogens is 1. The molecular weight excluding hydrogens is 362 g/mol. The highest BCUT2D eigenvalue weighted by atomic mass is 79.9. The van der Waals surface area contributed by atoms with Gasteiger partial charge in [0.05, 0.1) is 17.8 Å². The molecule has 2 heterocycles. The van der Waals surface area contributed by atoms with Crippen LogP contribution < -0.4 is 15.0 Å². The van der Waals surface area contributed by atoms with Crippen LogP contribution in [0.4, 0.5) is 5.69 Å². The molecule has 1 aromatic carbocycles. The number of nitrogens with one attached hydrogen (secondary N) is 1. The van der Waals surface area contributed by atoms with Crippen LogP contribution in [0.1, 0.15) is 10.4 Å². The third kappa shape index (κ3) is 3.05. The third-order valence-electron chi connectivity index (χ3n) is 3.51. The largest absolute Gasteiger partial charge is 0.477 e. The number of amides is 2. The summed E-state index contributed by atoms with van der Waals surface area (Å²) >= 11 is 3.31. The van der Waals surface area contributed by atoms with E-state index in [1.165, 1.54) is 13.2 Å². The maximum absolute atomic E-state index is 12.8. The Morgan fingerprint density at radius 1 is 1.35 bits per heavy atom. The van der Waals surface area contributed by atoms with Gasteiger partial charge in [0.25, 0.3) is 11.8 Å². The zero-order chi connectivity index (χ0) is 16.4. The first kappa shape index (κ1) is 15.5. The van der Waals surface area contributed by atoms with E-state index >= 15 is 0 Å². The molecule has 1 aliphatic rings. The number of benzene rings is 1. The van der Waals surface area contributed by atoms with Gasteiger partial charge in [0.2, 0.25) is 0 Å². The lowest BCUT2D eigenvalue weighted by molar-refractivity contribution is -0.127. The summed E-state index contributed by atoms with van der Waals surface area (Å²) in [7, 11) is 1.54. The van der Waals surface area contributed by atoms with Gasteiger partial charge in [-0.1, -0.05) is 12.1 Å². The number of rotatable bonds is 2. The lowest BCUT2D eigenvalue weighted by atomic mass is 10.1. The Labute approximate surface area is 141 Å². The van der Waals surface area contributed by atoms with Crippen LogP contribution in [0.25, 0.3) is 0 Å².